The van der Waals surface area contributed by atoms with E-state index in [4.69, 9.17) is 5.73 Å². The van der Waals surface area contributed by atoms with Gasteiger partial charge in [-0.05, 0) is 63.3 Å². The minimum Gasteiger partial charge on any atom is -0.329 e. The molecule has 1 saturated heterocycles. The number of nitrogens with zero attached hydrogens (tertiary/aromatic N) is 1. The highest BCUT2D eigenvalue weighted by atomic mass is 15.2. The Hall–Kier alpha value is -0.0800. The van der Waals surface area contributed by atoms with Crippen molar-refractivity contribution >= 4 is 0 Å². The highest BCUT2D eigenvalue weighted by Gasteiger charge is 2.44. The van der Waals surface area contributed by atoms with Gasteiger partial charge in [0, 0.05) is 18.1 Å². The maximum absolute atomic E-state index is 6.21. The van der Waals surface area contributed by atoms with Crippen molar-refractivity contribution in [2.45, 2.75) is 77.8 Å². The Kier molecular flexibility index (Phi) is 4.08. The Balaban J connectivity index is 2.08. The first-order valence-electron chi connectivity index (χ1n) is 7.85. The van der Waals surface area contributed by atoms with Crippen molar-refractivity contribution in [3.63, 3.8) is 0 Å². The van der Waals surface area contributed by atoms with E-state index in [0.29, 0.717) is 11.0 Å². The van der Waals surface area contributed by atoms with Crippen LogP contribution >= 0.6 is 0 Å². The molecule has 1 heterocycles. The molecule has 0 aromatic carbocycles. The van der Waals surface area contributed by atoms with Crippen molar-refractivity contribution in [1.82, 2.24) is 4.90 Å². The lowest BCUT2D eigenvalue weighted by Gasteiger charge is -2.54. The second kappa shape index (κ2) is 5.13. The van der Waals surface area contributed by atoms with Crippen molar-refractivity contribution in [2.75, 3.05) is 13.1 Å². The predicted molar refractivity (Wildman–Crippen MR) is 78.6 cm³/mol. The third-order valence-electron chi connectivity index (χ3n) is 5.66. The molecule has 18 heavy (non-hydrogen) atoms. The van der Waals surface area contributed by atoms with E-state index in [2.05, 4.69) is 32.6 Å². The van der Waals surface area contributed by atoms with Gasteiger partial charge in [0.2, 0.25) is 0 Å². The quantitative estimate of drug-likeness (QED) is 0.816. The molecule has 2 nitrogen and oxygen atoms in total. The summed E-state index contributed by atoms with van der Waals surface area (Å²) in [5.74, 6) is 0.895. The van der Waals surface area contributed by atoms with E-state index in [0.717, 1.165) is 18.5 Å². The molecule has 2 unspecified atom stereocenters. The van der Waals surface area contributed by atoms with Gasteiger partial charge in [0.15, 0.2) is 0 Å². The van der Waals surface area contributed by atoms with E-state index in [1.165, 1.54) is 45.1 Å². The minimum absolute atomic E-state index is 0.315. The molecule has 2 atom stereocenters. The van der Waals surface area contributed by atoms with Gasteiger partial charge >= 0.3 is 0 Å². The van der Waals surface area contributed by atoms with E-state index in [-0.39, 0.29) is 0 Å². The maximum Gasteiger partial charge on any atom is 0.0334 e. The molecule has 106 valence electrons. The molecule has 2 aliphatic rings. The zero-order chi connectivity index (χ0) is 13.4. The first-order chi connectivity index (χ1) is 8.38. The first kappa shape index (κ1) is 14.3. The average Bonchev–Trinajstić information content (AvgIpc) is 2.31. The summed E-state index contributed by atoms with van der Waals surface area (Å²) in [6, 6.07) is 0.721. The van der Waals surface area contributed by atoms with Crippen molar-refractivity contribution in [3.8, 4) is 0 Å². The van der Waals surface area contributed by atoms with Crippen molar-refractivity contribution in [2.24, 2.45) is 17.1 Å². The molecule has 0 aromatic heterocycles. The highest BCUT2D eigenvalue weighted by Crippen LogP contribution is 2.44. The largest absolute Gasteiger partial charge is 0.329 e. The van der Waals surface area contributed by atoms with Gasteiger partial charge in [-0.25, -0.2) is 0 Å². The number of piperidine rings is 1. The van der Waals surface area contributed by atoms with Crippen LogP contribution in [-0.4, -0.2) is 29.6 Å². The third kappa shape index (κ3) is 2.75. The molecule has 0 bridgehead atoms. The normalized spacial score (nSPS) is 36.5. The molecule has 1 aliphatic heterocycles. The summed E-state index contributed by atoms with van der Waals surface area (Å²) >= 11 is 0. The third-order valence-corrected chi connectivity index (χ3v) is 5.66. The van der Waals surface area contributed by atoms with Crippen LogP contribution in [0.15, 0.2) is 0 Å². The summed E-state index contributed by atoms with van der Waals surface area (Å²) in [4.78, 5) is 2.77. The lowest BCUT2D eigenvalue weighted by molar-refractivity contribution is -0.0280. The molecule has 2 rings (SSSR count). The molecule has 0 spiro atoms. The summed E-state index contributed by atoms with van der Waals surface area (Å²) in [6.45, 7) is 11.7. The Morgan fingerprint density at radius 1 is 1.11 bits per heavy atom. The van der Waals surface area contributed by atoms with Crippen molar-refractivity contribution in [3.05, 3.63) is 0 Å². The van der Waals surface area contributed by atoms with Gasteiger partial charge in [0.1, 0.15) is 0 Å². The second-order valence-electron chi connectivity index (χ2n) is 7.76. The van der Waals surface area contributed by atoms with Crippen LogP contribution in [0.5, 0.6) is 0 Å². The number of nitrogens with two attached hydrogens (primary N) is 1. The van der Waals surface area contributed by atoms with Crippen LogP contribution in [0.4, 0.5) is 0 Å². The van der Waals surface area contributed by atoms with E-state index >= 15 is 0 Å². The van der Waals surface area contributed by atoms with Gasteiger partial charge in [0.25, 0.3) is 0 Å². The molecule has 0 amide bonds. The molecule has 1 saturated carbocycles. The van der Waals surface area contributed by atoms with Gasteiger partial charge in [-0.1, -0.05) is 20.8 Å². The van der Waals surface area contributed by atoms with E-state index in [1.807, 2.05) is 0 Å². The minimum atomic E-state index is 0.315. The molecule has 1 aliphatic carbocycles. The SMILES string of the molecule is CC1CCN(C2(CN)CCC(C)(C)CC2)C(C)C1. The van der Waals surface area contributed by atoms with Gasteiger partial charge in [0.05, 0.1) is 0 Å². The lowest BCUT2D eigenvalue weighted by Crippen LogP contribution is -2.61. The van der Waals surface area contributed by atoms with E-state index in [9.17, 15) is 0 Å². The van der Waals surface area contributed by atoms with Crippen LogP contribution in [0.3, 0.4) is 0 Å². The van der Waals surface area contributed by atoms with Crippen LogP contribution in [-0.2, 0) is 0 Å². The number of rotatable bonds is 2. The summed E-state index contributed by atoms with van der Waals surface area (Å²) in [7, 11) is 0. The number of hydrogen-bond acceptors (Lipinski definition) is 2. The van der Waals surface area contributed by atoms with Crippen molar-refractivity contribution < 1.29 is 0 Å². The van der Waals surface area contributed by atoms with E-state index < -0.39 is 0 Å². The predicted octanol–water partition coefficient (Wildman–Crippen LogP) is 3.40. The lowest BCUT2D eigenvalue weighted by atomic mass is 9.67. The summed E-state index contributed by atoms with van der Waals surface area (Å²) < 4.78 is 0. The number of hydrogen-bond donors (Lipinski definition) is 1. The molecule has 0 radical (unpaired) electrons. The van der Waals surface area contributed by atoms with Crippen molar-refractivity contribution in [1.29, 1.82) is 0 Å². The maximum atomic E-state index is 6.21. The van der Waals surface area contributed by atoms with Crippen LogP contribution in [0.2, 0.25) is 0 Å². The van der Waals surface area contributed by atoms with Crippen LogP contribution in [0.1, 0.15) is 66.2 Å². The van der Waals surface area contributed by atoms with Crippen LogP contribution in [0.25, 0.3) is 0 Å². The second-order valence-corrected chi connectivity index (χ2v) is 7.76. The van der Waals surface area contributed by atoms with Gasteiger partial charge in [-0.15, -0.1) is 0 Å². The Bertz CT molecular complexity index is 275. The standard InChI is InChI=1S/C16H32N2/c1-13-5-10-18(14(2)11-13)16(12-17)8-6-15(3,4)7-9-16/h13-14H,5-12,17H2,1-4H3. The fourth-order valence-electron chi connectivity index (χ4n) is 4.11. The highest BCUT2D eigenvalue weighted by molar-refractivity contribution is 5.00. The zero-order valence-corrected chi connectivity index (χ0v) is 12.8. The molecule has 2 N–H and O–H groups in total. The first-order valence-corrected chi connectivity index (χ1v) is 7.85. The van der Waals surface area contributed by atoms with Gasteiger partial charge in [-0.2, -0.15) is 0 Å². The molecule has 2 fully saturated rings. The van der Waals surface area contributed by atoms with Gasteiger partial charge < -0.3 is 5.73 Å². The van der Waals surface area contributed by atoms with Crippen LogP contribution in [0, 0.1) is 11.3 Å². The molecule has 2 heteroatoms. The summed E-state index contributed by atoms with van der Waals surface area (Å²) in [5.41, 5.74) is 7.06. The Labute approximate surface area is 113 Å². The monoisotopic (exact) mass is 252 g/mol. The Morgan fingerprint density at radius 3 is 2.22 bits per heavy atom. The fraction of sp³-hybridized carbons (Fsp3) is 1.00. The van der Waals surface area contributed by atoms with E-state index in [1.54, 1.807) is 0 Å². The molecular weight excluding hydrogens is 220 g/mol. The van der Waals surface area contributed by atoms with Gasteiger partial charge in [-0.3, -0.25) is 4.90 Å². The average molecular weight is 252 g/mol. The smallest absolute Gasteiger partial charge is 0.0334 e. The topological polar surface area (TPSA) is 29.3 Å². The zero-order valence-electron chi connectivity index (χ0n) is 12.8. The van der Waals surface area contributed by atoms with Crippen LogP contribution < -0.4 is 5.73 Å². The number of likely N-dealkylation sites (tertiary alicyclic amines) is 1. The molecular formula is C16H32N2. The Morgan fingerprint density at radius 2 is 1.72 bits per heavy atom. The summed E-state index contributed by atoms with van der Waals surface area (Å²) in [6.07, 6.45) is 7.98. The molecule has 0 aromatic rings. The fourth-order valence-corrected chi connectivity index (χ4v) is 4.11. The summed E-state index contributed by atoms with van der Waals surface area (Å²) in [5, 5.41) is 0.